The molecule has 0 bridgehead atoms. The van der Waals surface area contributed by atoms with Gasteiger partial charge in [0.2, 0.25) is 5.91 Å². The first-order valence-corrected chi connectivity index (χ1v) is 7.81. The second-order valence-corrected chi connectivity index (χ2v) is 6.27. The van der Waals surface area contributed by atoms with Gasteiger partial charge in [0.25, 0.3) is 5.91 Å². The molecule has 2 saturated heterocycles. The summed E-state index contributed by atoms with van der Waals surface area (Å²) in [7, 11) is 1.80. The maximum Gasteiger partial charge on any atom is 0.257 e. The molecule has 6 heteroatoms. The number of amidine groups is 1. The number of amides is 2. The Morgan fingerprint density at radius 2 is 2.24 bits per heavy atom. The van der Waals surface area contributed by atoms with Gasteiger partial charge in [0.15, 0.2) is 5.54 Å². The number of aliphatic imine (C=N–C) groups is 1. The SMILES string of the molecule is CCCCC1=NC2(CCN(C(=O)C3COC3)C2)C(=O)N1C. The Balaban J connectivity index is 1.71. The number of carbonyl (C=O) groups excluding carboxylic acids is 2. The number of hydrogen-bond donors (Lipinski definition) is 0. The standard InChI is InChI=1S/C15H23N3O3/c1-3-4-5-12-16-15(14(20)17(12)2)6-7-18(10-15)13(19)11-8-21-9-11/h11H,3-10H2,1-2H3. The van der Waals surface area contributed by atoms with E-state index in [1.165, 1.54) is 0 Å². The highest BCUT2D eigenvalue weighted by Gasteiger charge is 2.52. The Bertz CT molecular complexity index is 487. The van der Waals surface area contributed by atoms with Crippen LogP contribution >= 0.6 is 0 Å². The van der Waals surface area contributed by atoms with Crippen molar-refractivity contribution < 1.29 is 14.3 Å². The Labute approximate surface area is 125 Å². The lowest BCUT2D eigenvalue weighted by Gasteiger charge is -2.29. The Morgan fingerprint density at radius 1 is 1.48 bits per heavy atom. The van der Waals surface area contributed by atoms with Gasteiger partial charge in [0, 0.05) is 26.4 Å². The molecule has 1 unspecified atom stereocenters. The normalized spacial score (nSPS) is 29.2. The van der Waals surface area contributed by atoms with Gasteiger partial charge in [-0.1, -0.05) is 13.3 Å². The molecule has 0 saturated carbocycles. The van der Waals surface area contributed by atoms with Gasteiger partial charge in [-0.05, 0) is 6.42 Å². The van der Waals surface area contributed by atoms with E-state index in [9.17, 15) is 9.59 Å². The van der Waals surface area contributed by atoms with E-state index >= 15 is 0 Å². The lowest BCUT2D eigenvalue weighted by atomic mass is 9.99. The van der Waals surface area contributed by atoms with Crippen LogP contribution in [0.15, 0.2) is 4.99 Å². The van der Waals surface area contributed by atoms with E-state index in [4.69, 9.17) is 9.73 Å². The molecule has 1 atom stereocenters. The van der Waals surface area contributed by atoms with Crippen LogP contribution in [-0.4, -0.2) is 66.3 Å². The molecule has 3 rings (SSSR count). The number of rotatable bonds is 4. The molecule has 0 radical (unpaired) electrons. The third-order valence-electron chi connectivity index (χ3n) is 4.73. The molecule has 6 nitrogen and oxygen atoms in total. The van der Waals surface area contributed by atoms with Gasteiger partial charge >= 0.3 is 0 Å². The van der Waals surface area contributed by atoms with Gasteiger partial charge in [-0.15, -0.1) is 0 Å². The largest absolute Gasteiger partial charge is 0.380 e. The smallest absolute Gasteiger partial charge is 0.257 e. The first kappa shape index (κ1) is 14.5. The van der Waals surface area contributed by atoms with E-state index in [1.807, 2.05) is 0 Å². The van der Waals surface area contributed by atoms with Crippen LogP contribution in [0.5, 0.6) is 0 Å². The van der Waals surface area contributed by atoms with Crippen LogP contribution < -0.4 is 0 Å². The molecular weight excluding hydrogens is 270 g/mol. The summed E-state index contributed by atoms with van der Waals surface area (Å²) < 4.78 is 5.08. The van der Waals surface area contributed by atoms with Crippen molar-refractivity contribution in [3.8, 4) is 0 Å². The molecule has 3 aliphatic rings. The number of unbranched alkanes of at least 4 members (excludes halogenated alkanes) is 1. The number of carbonyl (C=O) groups is 2. The third-order valence-corrected chi connectivity index (χ3v) is 4.73. The van der Waals surface area contributed by atoms with Crippen molar-refractivity contribution in [3.05, 3.63) is 0 Å². The molecule has 2 amide bonds. The van der Waals surface area contributed by atoms with Crippen molar-refractivity contribution >= 4 is 17.6 Å². The van der Waals surface area contributed by atoms with Crippen molar-refractivity contribution in [2.45, 2.75) is 38.1 Å². The first-order chi connectivity index (χ1) is 10.1. The number of hydrogen-bond acceptors (Lipinski definition) is 4. The minimum absolute atomic E-state index is 0.0158. The Morgan fingerprint density at radius 3 is 2.86 bits per heavy atom. The van der Waals surface area contributed by atoms with Crippen molar-refractivity contribution in [3.63, 3.8) is 0 Å². The number of likely N-dealkylation sites (tertiary alicyclic amines) is 1. The molecule has 2 fully saturated rings. The highest BCUT2D eigenvalue weighted by Crippen LogP contribution is 2.34. The summed E-state index contributed by atoms with van der Waals surface area (Å²) in [6, 6.07) is 0. The number of nitrogens with zero attached hydrogens (tertiary/aromatic N) is 3. The number of likely N-dealkylation sites (N-methyl/N-ethyl adjacent to an activating group) is 1. The lowest BCUT2D eigenvalue weighted by molar-refractivity contribution is -0.149. The fourth-order valence-corrected chi connectivity index (χ4v) is 3.24. The zero-order valence-corrected chi connectivity index (χ0v) is 12.8. The summed E-state index contributed by atoms with van der Waals surface area (Å²) in [4.78, 5) is 33.1. The van der Waals surface area contributed by atoms with Crippen molar-refractivity contribution in [1.29, 1.82) is 0 Å². The topological polar surface area (TPSA) is 62.2 Å². The molecule has 3 heterocycles. The zero-order valence-electron chi connectivity index (χ0n) is 12.8. The highest BCUT2D eigenvalue weighted by molar-refractivity contribution is 6.08. The van der Waals surface area contributed by atoms with E-state index in [0.29, 0.717) is 32.7 Å². The third kappa shape index (κ3) is 2.35. The summed E-state index contributed by atoms with van der Waals surface area (Å²) in [5.41, 5.74) is -0.710. The number of ether oxygens (including phenoxy) is 1. The van der Waals surface area contributed by atoms with Gasteiger partial charge in [-0.25, -0.2) is 0 Å². The van der Waals surface area contributed by atoms with E-state index < -0.39 is 5.54 Å². The van der Waals surface area contributed by atoms with Crippen LogP contribution in [0.4, 0.5) is 0 Å². The van der Waals surface area contributed by atoms with Gasteiger partial charge < -0.3 is 14.5 Å². The summed E-state index contributed by atoms with van der Waals surface area (Å²) in [6.07, 6.45) is 3.60. The molecule has 0 aromatic rings. The fourth-order valence-electron chi connectivity index (χ4n) is 3.24. The van der Waals surface area contributed by atoms with Gasteiger partial charge in [0.1, 0.15) is 5.84 Å². The van der Waals surface area contributed by atoms with Crippen LogP contribution in [0, 0.1) is 5.92 Å². The molecule has 3 aliphatic heterocycles. The molecule has 0 N–H and O–H groups in total. The molecule has 0 aromatic carbocycles. The minimum atomic E-state index is -0.710. The van der Waals surface area contributed by atoms with Crippen molar-refractivity contribution in [2.75, 3.05) is 33.4 Å². The van der Waals surface area contributed by atoms with E-state index in [-0.39, 0.29) is 17.7 Å². The molecule has 0 aromatic heterocycles. The second kappa shape index (κ2) is 5.40. The van der Waals surface area contributed by atoms with Gasteiger partial charge in [-0.3, -0.25) is 14.6 Å². The molecule has 1 spiro atoms. The van der Waals surface area contributed by atoms with Crippen LogP contribution in [-0.2, 0) is 14.3 Å². The summed E-state index contributed by atoms with van der Waals surface area (Å²) in [5.74, 6) is 1.03. The summed E-state index contributed by atoms with van der Waals surface area (Å²) in [6.45, 7) is 4.22. The second-order valence-electron chi connectivity index (χ2n) is 6.27. The Hall–Kier alpha value is -1.43. The van der Waals surface area contributed by atoms with E-state index in [0.717, 1.165) is 25.1 Å². The first-order valence-electron chi connectivity index (χ1n) is 7.81. The maximum absolute atomic E-state index is 12.6. The maximum atomic E-state index is 12.6. The monoisotopic (exact) mass is 293 g/mol. The fraction of sp³-hybridized carbons (Fsp3) is 0.800. The molecule has 116 valence electrons. The summed E-state index contributed by atoms with van der Waals surface area (Å²) >= 11 is 0. The van der Waals surface area contributed by atoms with Gasteiger partial charge in [-0.2, -0.15) is 0 Å². The average Bonchev–Trinajstić information content (AvgIpc) is 2.93. The van der Waals surface area contributed by atoms with Crippen LogP contribution in [0.1, 0.15) is 32.6 Å². The van der Waals surface area contributed by atoms with Crippen molar-refractivity contribution in [1.82, 2.24) is 9.80 Å². The van der Waals surface area contributed by atoms with Gasteiger partial charge in [0.05, 0.1) is 25.7 Å². The van der Waals surface area contributed by atoms with Crippen LogP contribution in [0.25, 0.3) is 0 Å². The van der Waals surface area contributed by atoms with Crippen LogP contribution in [0.2, 0.25) is 0 Å². The molecule has 0 aliphatic carbocycles. The quantitative estimate of drug-likeness (QED) is 0.765. The zero-order chi connectivity index (χ0) is 15.0. The molecule has 21 heavy (non-hydrogen) atoms. The minimum Gasteiger partial charge on any atom is -0.380 e. The highest BCUT2D eigenvalue weighted by atomic mass is 16.5. The Kier molecular flexibility index (Phi) is 3.73. The van der Waals surface area contributed by atoms with E-state index in [2.05, 4.69) is 6.92 Å². The average molecular weight is 293 g/mol. The predicted octanol–water partition coefficient (Wildman–Crippen LogP) is 0.665. The van der Waals surface area contributed by atoms with Crippen molar-refractivity contribution in [2.24, 2.45) is 10.9 Å². The summed E-state index contributed by atoms with van der Waals surface area (Å²) in [5, 5.41) is 0. The molecular formula is C15H23N3O3. The van der Waals surface area contributed by atoms with Crippen LogP contribution in [0.3, 0.4) is 0 Å². The predicted molar refractivity (Wildman–Crippen MR) is 78.0 cm³/mol. The lowest BCUT2D eigenvalue weighted by Crippen LogP contribution is -2.47. The van der Waals surface area contributed by atoms with E-state index in [1.54, 1.807) is 16.8 Å².